The third kappa shape index (κ3) is 4.12. The highest BCUT2D eigenvalue weighted by Gasteiger charge is 2.06. The number of aromatic nitrogens is 2. The predicted molar refractivity (Wildman–Crippen MR) is 65.6 cm³/mol. The first-order valence-corrected chi connectivity index (χ1v) is 5.61. The number of rotatable bonds is 6. The highest BCUT2D eigenvalue weighted by molar-refractivity contribution is 5.28. The van der Waals surface area contributed by atoms with Crippen LogP contribution in [0.2, 0.25) is 0 Å². The van der Waals surface area contributed by atoms with Gasteiger partial charge in [-0.2, -0.15) is 0 Å². The summed E-state index contributed by atoms with van der Waals surface area (Å²) >= 11 is 0. The van der Waals surface area contributed by atoms with Crippen molar-refractivity contribution < 1.29 is 0 Å². The fourth-order valence-electron chi connectivity index (χ4n) is 1.51. The Bertz CT molecular complexity index is 298. The molecule has 0 aliphatic carbocycles. The number of nitrogen functional groups attached to an aromatic ring is 1. The van der Waals surface area contributed by atoms with Gasteiger partial charge in [0.1, 0.15) is 0 Å². The Balaban J connectivity index is 2.46. The number of hydrogen-bond acceptors (Lipinski definition) is 5. The number of nitrogens with zero attached hydrogens (tertiary/aromatic N) is 3. The number of nitrogens with one attached hydrogen (secondary N) is 1. The van der Waals surface area contributed by atoms with Crippen LogP contribution >= 0.6 is 0 Å². The van der Waals surface area contributed by atoms with Crippen LogP contribution in [0.5, 0.6) is 0 Å². The first kappa shape index (κ1) is 12.9. The van der Waals surface area contributed by atoms with Crippen LogP contribution < -0.4 is 11.3 Å². The van der Waals surface area contributed by atoms with E-state index in [1.54, 1.807) is 12.4 Å². The van der Waals surface area contributed by atoms with E-state index in [-0.39, 0.29) is 0 Å². The molecule has 0 amide bonds. The molecule has 0 saturated heterocycles. The zero-order valence-corrected chi connectivity index (χ0v) is 10.3. The molecular weight excluding hydrogens is 202 g/mol. The minimum absolute atomic E-state index is 0.591. The van der Waals surface area contributed by atoms with Crippen LogP contribution in [0, 0.1) is 5.92 Å². The Hall–Kier alpha value is -1.20. The van der Waals surface area contributed by atoms with Gasteiger partial charge >= 0.3 is 0 Å². The number of nitrogens with two attached hydrogens (primary N) is 1. The molecular formula is C11H21N5. The van der Waals surface area contributed by atoms with Crippen LogP contribution in [-0.4, -0.2) is 28.5 Å². The van der Waals surface area contributed by atoms with Crippen molar-refractivity contribution in [3.05, 3.63) is 18.1 Å². The molecule has 3 N–H and O–H groups in total. The second-order valence-corrected chi connectivity index (χ2v) is 4.25. The van der Waals surface area contributed by atoms with Gasteiger partial charge in [-0.25, -0.2) is 10.8 Å². The van der Waals surface area contributed by atoms with E-state index in [4.69, 9.17) is 5.84 Å². The quantitative estimate of drug-likeness (QED) is 0.561. The molecule has 0 aliphatic heterocycles. The lowest BCUT2D eigenvalue weighted by atomic mass is 10.1. The van der Waals surface area contributed by atoms with Crippen molar-refractivity contribution in [2.45, 2.75) is 26.8 Å². The highest BCUT2D eigenvalue weighted by Crippen LogP contribution is 2.06. The fourth-order valence-corrected chi connectivity index (χ4v) is 1.51. The molecule has 1 atom stereocenters. The first-order valence-electron chi connectivity index (χ1n) is 5.61. The van der Waals surface area contributed by atoms with Gasteiger partial charge in [-0.1, -0.05) is 20.3 Å². The Kier molecular flexibility index (Phi) is 5.14. The maximum Gasteiger partial charge on any atom is 0.158 e. The molecule has 0 aromatic carbocycles. The largest absolute Gasteiger partial charge is 0.307 e. The summed E-state index contributed by atoms with van der Waals surface area (Å²) in [6.07, 6.45) is 4.60. The molecule has 0 aliphatic rings. The monoisotopic (exact) mass is 223 g/mol. The van der Waals surface area contributed by atoms with E-state index in [1.165, 1.54) is 6.42 Å². The summed E-state index contributed by atoms with van der Waals surface area (Å²) < 4.78 is 0. The molecule has 90 valence electrons. The zero-order chi connectivity index (χ0) is 12.0. The lowest BCUT2D eigenvalue weighted by molar-refractivity contribution is 0.272. The summed E-state index contributed by atoms with van der Waals surface area (Å²) in [7, 11) is 2.10. The summed E-state index contributed by atoms with van der Waals surface area (Å²) in [6.45, 7) is 6.36. The molecule has 1 aromatic heterocycles. The van der Waals surface area contributed by atoms with Crippen molar-refractivity contribution in [2.24, 2.45) is 11.8 Å². The number of hydrogen-bond donors (Lipinski definition) is 2. The Morgan fingerprint density at radius 2 is 2.19 bits per heavy atom. The van der Waals surface area contributed by atoms with Crippen LogP contribution in [0.15, 0.2) is 12.4 Å². The first-order chi connectivity index (χ1) is 7.65. The van der Waals surface area contributed by atoms with E-state index >= 15 is 0 Å². The van der Waals surface area contributed by atoms with E-state index in [2.05, 4.69) is 41.2 Å². The van der Waals surface area contributed by atoms with E-state index in [0.717, 1.165) is 18.8 Å². The van der Waals surface area contributed by atoms with Gasteiger partial charge in [0.25, 0.3) is 0 Å². The summed E-state index contributed by atoms with van der Waals surface area (Å²) in [5.41, 5.74) is 3.42. The maximum atomic E-state index is 5.22. The van der Waals surface area contributed by atoms with Crippen molar-refractivity contribution in [1.82, 2.24) is 14.9 Å². The molecule has 16 heavy (non-hydrogen) atoms. The van der Waals surface area contributed by atoms with Crippen LogP contribution in [0.4, 0.5) is 5.82 Å². The summed E-state index contributed by atoms with van der Waals surface area (Å²) in [4.78, 5) is 10.7. The van der Waals surface area contributed by atoms with Crippen LogP contribution in [0.3, 0.4) is 0 Å². The standard InChI is InChI=1S/C11H21N5/c1-4-9(2)7-16(3)8-10-5-14-11(15-12)6-13-10/h5-6,9H,4,7-8,12H2,1-3H3,(H,14,15). The topological polar surface area (TPSA) is 67.1 Å². The minimum Gasteiger partial charge on any atom is -0.307 e. The molecule has 1 heterocycles. The molecule has 0 spiro atoms. The molecule has 1 rings (SSSR count). The van der Waals surface area contributed by atoms with E-state index < -0.39 is 0 Å². The summed E-state index contributed by atoms with van der Waals surface area (Å²) in [6, 6.07) is 0. The summed E-state index contributed by atoms with van der Waals surface area (Å²) in [5, 5.41) is 0. The molecule has 0 radical (unpaired) electrons. The molecule has 5 nitrogen and oxygen atoms in total. The second-order valence-electron chi connectivity index (χ2n) is 4.25. The maximum absolute atomic E-state index is 5.22. The van der Waals surface area contributed by atoms with Gasteiger partial charge in [-0.05, 0) is 13.0 Å². The fraction of sp³-hybridized carbons (Fsp3) is 0.636. The van der Waals surface area contributed by atoms with Crippen molar-refractivity contribution in [3.63, 3.8) is 0 Å². The summed E-state index contributed by atoms with van der Waals surface area (Å²) in [5.74, 6) is 6.52. The van der Waals surface area contributed by atoms with E-state index in [9.17, 15) is 0 Å². The molecule has 0 saturated carbocycles. The van der Waals surface area contributed by atoms with Crippen molar-refractivity contribution in [1.29, 1.82) is 0 Å². The lowest BCUT2D eigenvalue weighted by Crippen LogP contribution is -2.24. The lowest BCUT2D eigenvalue weighted by Gasteiger charge is -2.19. The Morgan fingerprint density at radius 1 is 1.44 bits per heavy atom. The van der Waals surface area contributed by atoms with Crippen molar-refractivity contribution >= 4 is 5.82 Å². The molecule has 5 heteroatoms. The van der Waals surface area contributed by atoms with Gasteiger partial charge in [-0.15, -0.1) is 0 Å². The Morgan fingerprint density at radius 3 is 2.69 bits per heavy atom. The molecule has 0 bridgehead atoms. The van der Waals surface area contributed by atoms with Crippen LogP contribution in [-0.2, 0) is 6.54 Å². The van der Waals surface area contributed by atoms with Gasteiger partial charge < -0.3 is 10.3 Å². The predicted octanol–water partition coefficient (Wildman–Crippen LogP) is 1.24. The van der Waals surface area contributed by atoms with Gasteiger partial charge in [0.15, 0.2) is 5.82 Å². The molecule has 0 fully saturated rings. The van der Waals surface area contributed by atoms with Gasteiger partial charge in [0.05, 0.1) is 18.1 Å². The second kappa shape index (κ2) is 6.40. The van der Waals surface area contributed by atoms with E-state index in [1.807, 2.05) is 0 Å². The average Bonchev–Trinajstić information content (AvgIpc) is 2.29. The Labute approximate surface area is 97.0 Å². The average molecular weight is 223 g/mol. The smallest absolute Gasteiger partial charge is 0.158 e. The third-order valence-corrected chi connectivity index (χ3v) is 2.61. The highest BCUT2D eigenvalue weighted by atomic mass is 15.3. The minimum atomic E-state index is 0.591. The third-order valence-electron chi connectivity index (χ3n) is 2.61. The van der Waals surface area contributed by atoms with Gasteiger partial charge in [-0.3, -0.25) is 4.98 Å². The molecule has 1 aromatic rings. The number of anilines is 1. The molecule has 1 unspecified atom stereocenters. The van der Waals surface area contributed by atoms with Crippen molar-refractivity contribution in [3.8, 4) is 0 Å². The van der Waals surface area contributed by atoms with E-state index in [0.29, 0.717) is 11.7 Å². The van der Waals surface area contributed by atoms with Crippen molar-refractivity contribution in [2.75, 3.05) is 19.0 Å². The normalized spacial score (nSPS) is 12.8. The van der Waals surface area contributed by atoms with Gasteiger partial charge in [0, 0.05) is 13.1 Å². The number of hydrazine groups is 1. The van der Waals surface area contributed by atoms with Crippen LogP contribution in [0.25, 0.3) is 0 Å². The SMILES string of the molecule is CCC(C)CN(C)Cc1cnc(NN)cn1. The van der Waals surface area contributed by atoms with Gasteiger partial charge in [0.2, 0.25) is 0 Å². The zero-order valence-electron chi connectivity index (χ0n) is 10.3. The van der Waals surface area contributed by atoms with Crippen LogP contribution in [0.1, 0.15) is 26.0 Å².